The smallest absolute Gasteiger partial charge is 0.234 e. The summed E-state index contributed by atoms with van der Waals surface area (Å²) in [5, 5.41) is 12.3. The molecular weight excluding hydrogens is 406 g/mol. The van der Waals surface area contributed by atoms with Gasteiger partial charge in [0.25, 0.3) is 0 Å². The molecule has 0 atom stereocenters. The maximum Gasteiger partial charge on any atom is 0.234 e. The van der Waals surface area contributed by atoms with Gasteiger partial charge in [-0.05, 0) is 49.6 Å². The molecule has 0 radical (unpaired) electrons. The summed E-state index contributed by atoms with van der Waals surface area (Å²) in [5.41, 5.74) is 4.26. The Morgan fingerprint density at radius 3 is 2.42 bits per heavy atom. The van der Waals surface area contributed by atoms with E-state index in [2.05, 4.69) is 45.5 Å². The van der Waals surface area contributed by atoms with E-state index in [0.717, 1.165) is 40.9 Å². The third kappa shape index (κ3) is 5.28. The summed E-state index contributed by atoms with van der Waals surface area (Å²) in [5.74, 6) is 1.05. The van der Waals surface area contributed by atoms with Crippen molar-refractivity contribution in [2.45, 2.75) is 37.8 Å². The number of amides is 1. The van der Waals surface area contributed by atoms with Crippen LogP contribution in [0.5, 0.6) is 0 Å². The van der Waals surface area contributed by atoms with Crippen molar-refractivity contribution in [1.82, 2.24) is 14.8 Å². The molecule has 1 aromatic heterocycles. The van der Waals surface area contributed by atoms with Crippen molar-refractivity contribution in [3.05, 3.63) is 54.1 Å². The van der Waals surface area contributed by atoms with E-state index in [1.54, 1.807) is 0 Å². The minimum atomic E-state index is -0.0482. The number of carbonyl (C=O) groups excluding carboxylic acids is 1. The molecule has 0 bridgehead atoms. The van der Waals surface area contributed by atoms with Gasteiger partial charge in [0.2, 0.25) is 5.91 Å². The second kappa shape index (κ2) is 10.0. The molecular formula is C24H29N5OS. The van der Waals surface area contributed by atoms with Gasteiger partial charge >= 0.3 is 0 Å². The fourth-order valence-electron chi connectivity index (χ4n) is 3.91. The number of benzene rings is 2. The highest BCUT2D eigenvalue weighted by molar-refractivity contribution is 7.99. The molecule has 6 nitrogen and oxygen atoms in total. The maximum absolute atomic E-state index is 12.5. The van der Waals surface area contributed by atoms with Gasteiger partial charge < -0.3 is 14.8 Å². The molecule has 1 fully saturated rings. The molecule has 2 aromatic carbocycles. The van der Waals surface area contributed by atoms with Crippen LogP contribution in [0.25, 0.3) is 11.4 Å². The monoisotopic (exact) mass is 435 g/mol. The average molecular weight is 436 g/mol. The standard InChI is InChI=1S/C24H29N5OS/c1-18-9-5-6-10-21(18)23-26-27-24(28(23)2)31-17-22(30)25-19-11-13-20(14-12-19)29-15-7-3-4-8-16-29/h5-6,9-14H,3-4,7-8,15-17H2,1-2H3,(H,25,30). The van der Waals surface area contributed by atoms with Crippen molar-refractivity contribution < 1.29 is 4.79 Å². The van der Waals surface area contributed by atoms with Crippen LogP contribution in [0.3, 0.4) is 0 Å². The van der Waals surface area contributed by atoms with Crippen LogP contribution >= 0.6 is 11.8 Å². The lowest BCUT2D eigenvalue weighted by molar-refractivity contribution is -0.113. The number of nitrogens with one attached hydrogen (secondary N) is 1. The highest BCUT2D eigenvalue weighted by Gasteiger charge is 2.15. The minimum absolute atomic E-state index is 0.0482. The lowest BCUT2D eigenvalue weighted by atomic mass is 10.1. The highest BCUT2D eigenvalue weighted by Crippen LogP contribution is 2.25. The molecule has 1 N–H and O–H groups in total. The average Bonchev–Trinajstić information content (AvgIpc) is 2.96. The molecule has 1 amide bonds. The van der Waals surface area contributed by atoms with E-state index in [9.17, 15) is 4.79 Å². The van der Waals surface area contributed by atoms with E-state index in [4.69, 9.17) is 0 Å². The Bertz CT molecular complexity index is 1020. The summed E-state index contributed by atoms with van der Waals surface area (Å²) in [6.07, 6.45) is 5.15. The molecule has 1 aliphatic rings. The molecule has 2 heterocycles. The molecule has 0 spiro atoms. The van der Waals surface area contributed by atoms with Crippen molar-refractivity contribution in [1.29, 1.82) is 0 Å². The predicted molar refractivity (Wildman–Crippen MR) is 128 cm³/mol. The Hall–Kier alpha value is -2.80. The Labute approximate surface area is 188 Å². The number of aryl methyl sites for hydroxylation is 1. The van der Waals surface area contributed by atoms with Crippen LogP contribution in [-0.4, -0.2) is 39.5 Å². The maximum atomic E-state index is 12.5. The van der Waals surface area contributed by atoms with Crippen LogP contribution in [0.2, 0.25) is 0 Å². The minimum Gasteiger partial charge on any atom is -0.372 e. The van der Waals surface area contributed by atoms with E-state index < -0.39 is 0 Å². The van der Waals surface area contributed by atoms with Crippen LogP contribution in [0.15, 0.2) is 53.7 Å². The molecule has 0 aliphatic carbocycles. The predicted octanol–water partition coefficient (Wildman–Crippen LogP) is 4.90. The first kappa shape index (κ1) is 21.4. The summed E-state index contributed by atoms with van der Waals surface area (Å²) in [7, 11) is 1.93. The van der Waals surface area contributed by atoms with Gasteiger partial charge in [-0.2, -0.15) is 0 Å². The van der Waals surface area contributed by atoms with Gasteiger partial charge in [-0.25, -0.2) is 0 Å². The summed E-state index contributed by atoms with van der Waals surface area (Å²) >= 11 is 1.39. The third-order valence-electron chi connectivity index (χ3n) is 5.68. The van der Waals surface area contributed by atoms with Crippen LogP contribution in [0.4, 0.5) is 11.4 Å². The summed E-state index contributed by atoms with van der Waals surface area (Å²) < 4.78 is 1.94. The molecule has 31 heavy (non-hydrogen) atoms. The fourth-order valence-corrected chi connectivity index (χ4v) is 4.62. The number of thioether (sulfide) groups is 1. The molecule has 1 aliphatic heterocycles. The number of aromatic nitrogens is 3. The number of anilines is 2. The Morgan fingerprint density at radius 2 is 1.71 bits per heavy atom. The van der Waals surface area contributed by atoms with Gasteiger partial charge in [0.15, 0.2) is 11.0 Å². The van der Waals surface area contributed by atoms with Gasteiger partial charge in [0.05, 0.1) is 5.75 Å². The van der Waals surface area contributed by atoms with Gasteiger partial charge in [0.1, 0.15) is 0 Å². The van der Waals surface area contributed by atoms with E-state index in [1.807, 2.05) is 41.9 Å². The van der Waals surface area contributed by atoms with Crippen molar-refractivity contribution >= 4 is 29.0 Å². The first-order valence-electron chi connectivity index (χ1n) is 10.8. The number of hydrogen-bond acceptors (Lipinski definition) is 5. The Kier molecular flexibility index (Phi) is 6.92. The zero-order valence-corrected chi connectivity index (χ0v) is 19.0. The molecule has 3 aromatic rings. The first-order chi connectivity index (χ1) is 15.1. The molecule has 7 heteroatoms. The van der Waals surface area contributed by atoms with Crippen molar-refractivity contribution in [3.8, 4) is 11.4 Å². The molecule has 0 unspecified atom stereocenters. The summed E-state index contributed by atoms with van der Waals surface area (Å²) in [6.45, 7) is 4.29. The normalized spacial score (nSPS) is 14.3. The Balaban J connectivity index is 1.33. The van der Waals surface area contributed by atoms with E-state index in [-0.39, 0.29) is 11.7 Å². The Morgan fingerprint density at radius 1 is 1.00 bits per heavy atom. The largest absolute Gasteiger partial charge is 0.372 e. The zero-order chi connectivity index (χ0) is 21.6. The number of nitrogens with zero attached hydrogens (tertiary/aromatic N) is 4. The van der Waals surface area contributed by atoms with Crippen LogP contribution in [0, 0.1) is 6.92 Å². The van der Waals surface area contributed by atoms with E-state index in [1.165, 1.54) is 43.1 Å². The number of hydrogen-bond donors (Lipinski definition) is 1. The van der Waals surface area contributed by atoms with Gasteiger partial charge in [-0.15, -0.1) is 10.2 Å². The third-order valence-corrected chi connectivity index (χ3v) is 6.70. The molecule has 162 valence electrons. The van der Waals surface area contributed by atoms with Crippen LogP contribution in [-0.2, 0) is 11.8 Å². The van der Waals surface area contributed by atoms with E-state index in [0.29, 0.717) is 0 Å². The number of carbonyl (C=O) groups is 1. The van der Waals surface area contributed by atoms with Gasteiger partial charge in [0, 0.05) is 37.1 Å². The second-order valence-corrected chi connectivity index (χ2v) is 8.91. The van der Waals surface area contributed by atoms with Crippen molar-refractivity contribution in [2.75, 3.05) is 29.1 Å². The van der Waals surface area contributed by atoms with Gasteiger partial charge in [-0.1, -0.05) is 48.9 Å². The van der Waals surface area contributed by atoms with Crippen molar-refractivity contribution in [2.24, 2.45) is 7.05 Å². The quantitative estimate of drug-likeness (QED) is 0.558. The van der Waals surface area contributed by atoms with Crippen molar-refractivity contribution in [3.63, 3.8) is 0 Å². The topological polar surface area (TPSA) is 63.1 Å². The zero-order valence-electron chi connectivity index (χ0n) is 18.2. The van der Waals surface area contributed by atoms with Gasteiger partial charge in [-0.3, -0.25) is 4.79 Å². The fraction of sp³-hybridized carbons (Fsp3) is 0.375. The second-order valence-electron chi connectivity index (χ2n) is 7.97. The summed E-state index contributed by atoms with van der Waals surface area (Å²) in [4.78, 5) is 14.9. The lowest BCUT2D eigenvalue weighted by Gasteiger charge is -2.22. The SMILES string of the molecule is Cc1ccccc1-c1nnc(SCC(=O)Nc2ccc(N3CCCCCC3)cc2)n1C. The molecule has 0 saturated carbocycles. The van der Waals surface area contributed by atoms with Crippen LogP contribution in [0.1, 0.15) is 31.2 Å². The molecule has 1 saturated heterocycles. The van der Waals surface area contributed by atoms with Crippen LogP contribution < -0.4 is 10.2 Å². The first-order valence-corrected chi connectivity index (χ1v) is 11.8. The molecule has 4 rings (SSSR count). The highest BCUT2D eigenvalue weighted by atomic mass is 32.2. The number of rotatable bonds is 6. The lowest BCUT2D eigenvalue weighted by Crippen LogP contribution is -2.23. The summed E-state index contributed by atoms with van der Waals surface area (Å²) in [6, 6.07) is 16.3. The van der Waals surface area contributed by atoms with E-state index >= 15 is 0 Å².